The molecule has 0 aromatic heterocycles. The van der Waals surface area contributed by atoms with Gasteiger partial charge >= 0.3 is 0 Å². The third-order valence-electron chi connectivity index (χ3n) is 5.02. The van der Waals surface area contributed by atoms with Crippen LogP contribution in [0, 0.1) is 5.92 Å². The summed E-state index contributed by atoms with van der Waals surface area (Å²) in [5.41, 5.74) is 8.67. The molecule has 28 heavy (non-hydrogen) atoms. The molecular formula is C21H31N4O3. The van der Waals surface area contributed by atoms with Gasteiger partial charge < -0.3 is 15.5 Å². The van der Waals surface area contributed by atoms with E-state index >= 15 is 0 Å². The summed E-state index contributed by atoms with van der Waals surface area (Å²) >= 11 is 0. The second kappa shape index (κ2) is 10.2. The van der Waals surface area contributed by atoms with E-state index in [1.54, 1.807) is 4.90 Å². The largest absolute Gasteiger partial charge is 0.354 e. The van der Waals surface area contributed by atoms with Gasteiger partial charge in [0.15, 0.2) is 0 Å². The molecule has 0 bridgehead atoms. The first-order chi connectivity index (χ1) is 13.3. The molecule has 1 aromatic carbocycles. The van der Waals surface area contributed by atoms with Crippen LogP contribution in [0.2, 0.25) is 0 Å². The summed E-state index contributed by atoms with van der Waals surface area (Å²) in [6.07, 6.45) is 2.12. The van der Waals surface area contributed by atoms with Crippen LogP contribution in [0.25, 0.3) is 0 Å². The molecule has 7 nitrogen and oxygen atoms in total. The Balaban J connectivity index is 1.96. The normalized spacial score (nSPS) is 18.6. The maximum atomic E-state index is 13.0. The summed E-state index contributed by atoms with van der Waals surface area (Å²) in [6.45, 7) is 6.19. The Morgan fingerprint density at radius 1 is 1.18 bits per heavy atom. The molecule has 1 saturated heterocycles. The average Bonchev–Trinajstić information content (AvgIpc) is 3.15. The monoisotopic (exact) mass is 387 g/mol. The molecule has 1 aliphatic heterocycles. The molecule has 1 aromatic rings. The van der Waals surface area contributed by atoms with Crippen molar-refractivity contribution in [3.05, 3.63) is 35.9 Å². The molecule has 7 heteroatoms. The van der Waals surface area contributed by atoms with Crippen molar-refractivity contribution >= 4 is 17.7 Å². The predicted octanol–water partition coefficient (Wildman–Crippen LogP) is 1.15. The second-order valence-corrected chi connectivity index (χ2v) is 7.67. The molecule has 153 valence electrons. The molecular weight excluding hydrogens is 356 g/mol. The first-order valence-electron chi connectivity index (χ1n) is 9.95. The summed E-state index contributed by atoms with van der Waals surface area (Å²) in [7, 11) is 0. The van der Waals surface area contributed by atoms with Crippen LogP contribution in [-0.2, 0) is 20.8 Å². The van der Waals surface area contributed by atoms with Crippen LogP contribution in [0.4, 0.5) is 0 Å². The van der Waals surface area contributed by atoms with E-state index < -0.39 is 24.0 Å². The Morgan fingerprint density at radius 2 is 1.86 bits per heavy atom. The van der Waals surface area contributed by atoms with Gasteiger partial charge in [0.25, 0.3) is 0 Å². The Hall–Kier alpha value is -2.41. The van der Waals surface area contributed by atoms with Gasteiger partial charge in [0.05, 0.1) is 6.04 Å². The van der Waals surface area contributed by atoms with Gasteiger partial charge in [-0.2, -0.15) is 0 Å². The van der Waals surface area contributed by atoms with Crippen LogP contribution in [0.3, 0.4) is 0 Å². The number of benzene rings is 1. The van der Waals surface area contributed by atoms with Gasteiger partial charge in [-0.3, -0.25) is 14.4 Å². The van der Waals surface area contributed by atoms with Crippen LogP contribution in [-0.4, -0.2) is 53.8 Å². The fraction of sp³-hybridized carbons (Fsp3) is 0.571. The van der Waals surface area contributed by atoms with E-state index in [0.717, 1.165) is 18.4 Å². The smallest absolute Gasteiger partial charge is 0.246 e. The number of hydrogen-bond donors (Lipinski definition) is 2. The van der Waals surface area contributed by atoms with Crippen molar-refractivity contribution in [1.82, 2.24) is 21.3 Å². The zero-order chi connectivity index (χ0) is 20.7. The van der Waals surface area contributed by atoms with Gasteiger partial charge in [-0.15, -0.1) is 0 Å². The number of amides is 3. The highest BCUT2D eigenvalue weighted by molar-refractivity contribution is 5.93. The van der Waals surface area contributed by atoms with Crippen molar-refractivity contribution < 1.29 is 14.4 Å². The van der Waals surface area contributed by atoms with Gasteiger partial charge in [0.1, 0.15) is 12.1 Å². The molecule has 1 aliphatic rings. The van der Waals surface area contributed by atoms with E-state index in [2.05, 4.69) is 10.6 Å². The third-order valence-corrected chi connectivity index (χ3v) is 5.02. The van der Waals surface area contributed by atoms with Crippen LogP contribution in [0.5, 0.6) is 0 Å². The van der Waals surface area contributed by atoms with E-state index in [1.165, 1.54) is 6.92 Å². The Morgan fingerprint density at radius 3 is 2.46 bits per heavy atom. The molecule has 0 spiro atoms. The topological polar surface area (TPSA) is 102 Å². The van der Waals surface area contributed by atoms with Crippen molar-refractivity contribution in [2.45, 2.75) is 58.2 Å². The average molecular weight is 388 g/mol. The number of hydrogen-bond acceptors (Lipinski definition) is 3. The van der Waals surface area contributed by atoms with Crippen molar-refractivity contribution in [2.24, 2.45) is 5.92 Å². The third kappa shape index (κ3) is 5.79. The number of likely N-dealkylation sites (tertiary alicyclic amines) is 1. The van der Waals surface area contributed by atoms with Gasteiger partial charge in [0, 0.05) is 13.1 Å². The molecule has 1 radical (unpaired) electrons. The number of nitrogens with zero attached hydrogens (tertiary/aromatic N) is 1. The molecule has 0 aliphatic carbocycles. The lowest BCUT2D eigenvalue weighted by atomic mass is 10.0. The minimum atomic E-state index is -0.940. The summed E-state index contributed by atoms with van der Waals surface area (Å²) in [4.78, 5) is 39.2. The molecule has 0 unspecified atom stereocenters. The lowest BCUT2D eigenvalue weighted by molar-refractivity contribution is -0.142. The van der Waals surface area contributed by atoms with E-state index in [-0.39, 0.29) is 17.7 Å². The lowest BCUT2D eigenvalue weighted by Crippen LogP contribution is -2.56. The highest BCUT2D eigenvalue weighted by Crippen LogP contribution is 2.20. The number of carbonyl (C=O) groups excluding carboxylic acids is 3. The highest BCUT2D eigenvalue weighted by atomic mass is 16.2. The van der Waals surface area contributed by atoms with Crippen molar-refractivity contribution in [3.8, 4) is 0 Å². The molecule has 2 rings (SSSR count). The SMILES string of the molecule is CC(C)[C@H](NC(=O)[C@H](C)[NH])C(=O)N1CCC[C@H]1C(=O)NCCc1ccccc1. The maximum Gasteiger partial charge on any atom is 0.246 e. The van der Waals surface area contributed by atoms with Gasteiger partial charge in [-0.05, 0) is 37.7 Å². The van der Waals surface area contributed by atoms with Gasteiger partial charge in [-0.25, -0.2) is 5.73 Å². The van der Waals surface area contributed by atoms with E-state index in [1.807, 2.05) is 44.2 Å². The summed E-state index contributed by atoms with van der Waals surface area (Å²) in [5.74, 6) is -0.998. The van der Waals surface area contributed by atoms with Crippen LogP contribution in [0.1, 0.15) is 39.2 Å². The van der Waals surface area contributed by atoms with E-state index in [9.17, 15) is 14.4 Å². The Labute approximate surface area is 167 Å². The Bertz CT molecular complexity index is 675. The number of carbonyl (C=O) groups is 3. The van der Waals surface area contributed by atoms with Crippen LogP contribution >= 0.6 is 0 Å². The predicted molar refractivity (Wildman–Crippen MR) is 107 cm³/mol. The van der Waals surface area contributed by atoms with E-state index in [4.69, 9.17) is 5.73 Å². The minimum absolute atomic E-state index is 0.127. The minimum Gasteiger partial charge on any atom is -0.354 e. The summed E-state index contributed by atoms with van der Waals surface area (Å²) in [6, 6.07) is 7.74. The number of nitrogens with one attached hydrogen (secondary N) is 3. The molecule has 0 saturated carbocycles. The number of rotatable bonds is 8. The fourth-order valence-electron chi connectivity index (χ4n) is 3.37. The second-order valence-electron chi connectivity index (χ2n) is 7.67. The fourth-order valence-corrected chi connectivity index (χ4v) is 3.37. The molecule has 1 heterocycles. The van der Waals surface area contributed by atoms with Crippen molar-refractivity contribution in [2.75, 3.05) is 13.1 Å². The Kier molecular flexibility index (Phi) is 7.99. The van der Waals surface area contributed by atoms with E-state index in [0.29, 0.717) is 19.5 Å². The van der Waals surface area contributed by atoms with Crippen molar-refractivity contribution in [1.29, 1.82) is 0 Å². The van der Waals surface area contributed by atoms with Crippen LogP contribution in [0.15, 0.2) is 30.3 Å². The van der Waals surface area contributed by atoms with Gasteiger partial charge in [0.2, 0.25) is 17.7 Å². The zero-order valence-corrected chi connectivity index (χ0v) is 16.9. The van der Waals surface area contributed by atoms with Crippen LogP contribution < -0.4 is 16.4 Å². The quantitative estimate of drug-likeness (QED) is 0.699. The van der Waals surface area contributed by atoms with Gasteiger partial charge in [-0.1, -0.05) is 44.2 Å². The lowest BCUT2D eigenvalue weighted by Gasteiger charge is -2.30. The van der Waals surface area contributed by atoms with Crippen molar-refractivity contribution in [3.63, 3.8) is 0 Å². The molecule has 1 fully saturated rings. The first-order valence-corrected chi connectivity index (χ1v) is 9.95. The maximum absolute atomic E-state index is 13.0. The first kappa shape index (κ1) is 21.9. The zero-order valence-electron chi connectivity index (χ0n) is 16.9. The standard InChI is InChI=1S/C21H31N4O3/c1-14(2)18(24-19(26)15(3)22)21(28)25-13-7-10-17(25)20(27)23-12-11-16-8-5-4-6-9-16/h4-6,8-9,14-15,17-18,22H,7,10-13H2,1-3H3,(H,23,27)(H,24,26)/t15-,17-,18-/m0/s1. The molecule has 3 amide bonds. The summed E-state index contributed by atoms with van der Waals surface area (Å²) < 4.78 is 0. The molecule has 3 N–H and O–H groups in total. The highest BCUT2D eigenvalue weighted by Gasteiger charge is 2.38. The molecule has 3 atom stereocenters. The summed E-state index contributed by atoms with van der Waals surface area (Å²) in [5, 5.41) is 5.60.